The van der Waals surface area contributed by atoms with E-state index in [4.69, 9.17) is 6.42 Å². The maximum atomic E-state index is 12.7. The van der Waals surface area contributed by atoms with Crippen molar-refractivity contribution >= 4 is 34.9 Å². The summed E-state index contributed by atoms with van der Waals surface area (Å²) in [5.41, 5.74) is 3.58. The SMILES string of the molecule is C#Cc1cccc(NC(=O)CNC(=O)c2ccccc2SCc2cn3ccccc3n2)c1. The van der Waals surface area contributed by atoms with Crippen molar-refractivity contribution in [2.75, 3.05) is 11.9 Å². The molecule has 4 aromatic rings. The molecule has 2 aromatic heterocycles. The number of nitrogens with zero attached hydrogens (tertiary/aromatic N) is 2. The van der Waals surface area contributed by atoms with Gasteiger partial charge in [0.2, 0.25) is 5.91 Å². The van der Waals surface area contributed by atoms with E-state index in [1.54, 1.807) is 36.4 Å². The number of rotatable bonds is 7. The standard InChI is InChI=1S/C25H20N4O2S/c1-2-18-8-7-9-19(14-18)28-24(30)15-26-25(31)21-10-3-4-11-22(21)32-17-20-16-29-13-6-5-12-23(29)27-20/h1,3-14,16H,15,17H2,(H,26,31)(H,28,30). The number of nitrogens with one attached hydrogen (secondary N) is 2. The lowest BCUT2D eigenvalue weighted by Crippen LogP contribution is -2.33. The van der Waals surface area contributed by atoms with E-state index in [1.165, 1.54) is 11.8 Å². The molecule has 2 amide bonds. The van der Waals surface area contributed by atoms with Crippen molar-refractivity contribution in [3.63, 3.8) is 0 Å². The summed E-state index contributed by atoms with van der Waals surface area (Å²) in [6.07, 6.45) is 9.31. The fourth-order valence-corrected chi connectivity index (χ4v) is 4.07. The second kappa shape index (κ2) is 9.86. The Balaban J connectivity index is 1.36. The van der Waals surface area contributed by atoms with Crippen LogP contribution in [0.15, 0.2) is 84.0 Å². The van der Waals surface area contributed by atoms with E-state index >= 15 is 0 Å². The van der Waals surface area contributed by atoms with Gasteiger partial charge in [0.1, 0.15) is 5.65 Å². The van der Waals surface area contributed by atoms with E-state index in [0.717, 1.165) is 16.2 Å². The molecule has 2 N–H and O–H groups in total. The lowest BCUT2D eigenvalue weighted by atomic mass is 10.2. The number of benzene rings is 2. The van der Waals surface area contributed by atoms with Gasteiger partial charge < -0.3 is 15.0 Å². The Bertz CT molecular complexity index is 1290. The van der Waals surface area contributed by atoms with Crippen LogP contribution in [0.2, 0.25) is 0 Å². The summed E-state index contributed by atoms with van der Waals surface area (Å²) < 4.78 is 1.96. The third kappa shape index (κ3) is 5.17. The largest absolute Gasteiger partial charge is 0.343 e. The molecule has 0 radical (unpaired) electrons. The Morgan fingerprint density at radius 1 is 1.06 bits per heavy atom. The topological polar surface area (TPSA) is 75.5 Å². The molecule has 0 unspecified atom stereocenters. The molecule has 32 heavy (non-hydrogen) atoms. The molecule has 0 saturated carbocycles. The highest BCUT2D eigenvalue weighted by molar-refractivity contribution is 7.98. The molecule has 4 rings (SSSR count). The Labute approximate surface area is 190 Å². The van der Waals surface area contributed by atoms with Crippen molar-refractivity contribution in [1.29, 1.82) is 0 Å². The Kier molecular flexibility index (Phi) is 6.54. The molecule has 0 atom stereocenters. The van der Waals surface area contributed by atoms with Crippen LogP contribution in [0.5, 0.6) is 0 Å². The number of hydrogen-bond donors (Lipinski definition) is 2. The average molecular weight is 441 g/mol. The van der Waals surface area contributed by atoms with Crippen molar-refractivity contribution in [3.05, 3.63) is 95.9 Å². The predicted molar refractivity (Wildman–Crippen MR) is 127 cm³/mol. The van der Waals surface area contributed by atoms with Gasteiger partial charge in [-0.1, -0.05) is 30.2 Å². The van der Waals surface area contributed by atoms with Crippen LogP contribution >= 0.6 is 11.8 Å². The Morgan fingerprint density at radius 3 is 2.75 bits per heavy atom. The maximum absolute atomic E-state index is 12.7. The third-order valence-corrected chi connectivity index (χ3v) is 5.75. The predicted octanol–water partition coefficient (Wildman–Crippen LogP) is 3.98. The minimum atomic E-state index is -0.331. The van der Waals surface area contributed by atoms with Gasteiger partial charge in [-0.15, -0.1) is 18.2 Å². The van der Waals surface area contributed by atoms with Gasteiger partial charge in [-0.25, -0.2) is 4.98 Å². The molecule has 0 bridgehead atoms. The van der Waals surface area contributed by atoms with Gasteiger partial charge in [-0.3, -0.25) is 9.59 Å². The lowest BCUT2D eigenvalue weighted by Gasteiger charge is -2.10. The van der Waals surface area contributed by atoms with Gasteiger partial charge >= 0.3 is 0 Å². The van der Waals surface area contributed by atoms with Crippen molar-refractivity contribution < 1.29 is 9.59 Å². The number of carbonyl (C=O) groups is 2. The fraction of sp³-hybridized carbons (Fsp3) is 0.0800. The summed E-state index contributed by atoms with van der Waals surface area (Å²) in [5.74, 6) is 2.50. The highest BCUT2D eigenvalue weighted by atomic mass is 32.2. The zero-order chi connectivity index (χ0) is 22.3. The average Bonchev–Trinajstić information content (AvgIpc) is 3.24. The first-order chi connectivity index (χ1) is 15.6. The van der Waals surface area contributed by atoms with Crippen LogP contribution in [0.4, 0.5) is 5.69 Å². The van der Waals surface area contributed by atoms with E-state index in [9.17, 15) is 9.59 Å². The molecule has 7 heteroatoms. The highest BCUT2D eigenvalue weighted by Gasteiger charge is 2.13. The molecular weight excluding hydrogens is 420 g/mol. The van der Waals surface area contributed by atoms with Crippen LogP contribution in [-0.4, -0.2) is 27.7 Å². The monoisotopic (exact) mass is 440 g/mol. The number of amides is 2. The fourth-order valence-electron chi connectivity index (χ4n) is 3.14. The zero-order valence-electron chi connectivity index (χ0n) is 17.1. The number of aromatic nitrogens is 2. The van der Waals surface area contributed by atoms with E-state index in [0.29, 0.717) is 22.6 Å². The zero-order valence-corrected chi connectivity index (χ0v) is 17.9. The third-order valence-electron chi connectivity index (χ3n) is 4.64. The number of fused-ring (bicyclic) bond motifs is 1. The van der Waals surface area contributed by atoms with Gasteiger partial charge in [0.05, 0.1) is 17.8 Å². The summed E-state index contributed by atoms with van der Waals surface area (Å²) in [5, 5.41) is 5.42. The number of anilines is 1. The van der Waals surface area contributed by atoms with Crippen molar-refractivity contribution in [3.8, 4) is 12.3 Å². The minimum absolute atomic E-state index is 0.148. The molecule has 0 fully saturated rings. The summed E-state index contributed by atoms with van der Waals surface area (Å²) >= 11 is 1.53. The van der Waals surface area contributed by atoms with Crippen LogP contribution in [0.25, 0.3) is 5.65 Å². The van der Waals surface area contributed by atoms with Crippen molar-refractivity contribution in [2.24, 2.45) is 0 Å². The smallest absolute Gasteiger partial charge is 0.252 e. The molecular formula is C25H20N4O2S. The first-order valence-electron chi connectivity index (χ1n) is 9.91. The molecule has 0 aliphatic heterocycles. The van der Waals surface area contributed by atoms with Crippen molar-refractivity contribution in [1.82, 2.24) is 14.7 Å². The van der Waals surface area contributed by atoms with Gasteiger partial charge in [0, 0.05) is 34.3 Å². The molecule has 6 nitrogen and oxygen atoms in total. The second-order valence-corrected chi connectivity index (χ2v) is 7.96. The molecule has 158 valence electrons. The molecule has 0 saturated heterocycles. The van der Waals surface area contributed by atoms with E-state index in [1.807, 2.05) is 47.1 Å². The number of imidazole rings is 1. The Morgan fingerprint density at radius 2 is 1.91 bits per heavy atom. The van der Waals surface area contributed by atoms with Crippen LogP contribution in [0, 0.1) is 12.3 Å². The van der Waals surface area contributed by atoms with Crippen LogP contribution in [0.1, 0.15) is 21.6 Å². The number of carbonyl (C=O) groups excluding carboxylic acids is 2. The molecule has 0 spiro atoms. The summed E-state index contributed by atoms with van der Waals surface area (Å²) in [4.78, 5) is 30.4. The van der Waals surface area contributed by atoms with Crippen molar-refractivity contribution in [2.45, 2.75) is 10.6 Å². The summed E-state index contributed by atoms with van der Waals surface area (Å²) in [6, 6.07) is 20.1. The summed E-state index contributed by atoms with van der Waals surface area (Å²) in [6.45, 7) is -0.148. The maximum Gasteiger partial charge on any atom is 0.252 e. The molecule has 0 aliphatic carbocycles. The van der Waals surface area contributed by atoms with Gasteiger partial charge in [-0.2, -0.15) is 0 Å². The number of pyridine rings is 1. The number of thioether (sulfide) groups is 1. The number of terminal acetylenes is 1. The summed E-state index contributed by atoms with van der Waals surface area (Å²) in [7, 11) is 0. The van der Waals surface area contributed by atoms with E-state index < -0.39 is 0 Å². The highest BCUT2D eigenvalue weighted by Crippen LogP contribution is 2.26. The number of hydrogen-bond acceptors (Lipinski definition) is 4. The minimum Gasteiger partial charge on any atom is -0.343 e. The normalized spacial score (nSPS) is 10.5. The van der Waals surface area contributed by atoms with Crippen LogP contribution < -0.4 is 10.6 Å². The first kappa shape index (κ1) is 21.2. The molecule has 0 aliphatic rings. The van der Waals surface area contributed by atoms with Gasteiger partial charge in [0.15, 0.2) is 0 Å². The van der Waals surface area contributed by atoms with E-state index in [-0.39, 0.29) is 18.4 Å². The second-order valence-electron chi connectivity index (χ2n) is 6.94. The van der Waals surface area contributed by atoms with Crippen LogP contribution in [0.3, 0.4) is 0 Å². The van der Waals surface area contributed by atoms with E-state index in [2.05, 4.69) is 21.5 Å². The van der Waals surface area contributed by atoms with Crippen LogP contribution in [-0.2, 0) is 10.5 Å². The Hall–Kier alpha value is -4.02. The van der Waals surface area contributed by atoms with Gasteiger partial charge in [0.25, 0.3) is 5.91 Å². The quantitative estimate of drug-likeness (QED) is 0.337. The first-order valence-corrected chi connectivity index (χ1v) is 10.9. The lowest BCUT2D eigenvalue weighted by molar-refractivity contribution is -0.115. The van der Waals surface area contributed by atoms with Gasteiger partial charge in [-0.05, 0) is 42.5 Å². The molecule has 2 aromatic carbocycles. The molecule has 2 heterocycles.